The fourth-order valence-electron chi connectivity index (χ4n) is 3.67. The Kier molecular flexibility index (Phi) is 9.60. The standard InChI is InChI=1S/C25H33F2N7O4/c1-15(30-24(35)38-25(2,3)4)20(14-36-5)32-22-18(26)10-16(12-28)21(33-22)31-17-11-19(27)23(29-13-17)34-6-8-37-9-7-34/h10-11,13,15,20H,6-9,14H2,1-5H3,(H,30,35)(H2,31,32,33)/t15-,20+/m0/s1. The number of carbonyl (C=O) groups is 1. The Balaban J connectivity index is 1.80. The Labute approximate surface area is 220 Å². The van der Waals surface area contributed by atoms with Gasteiger partial charge in [0, 0.05) is 26.3 Å². The molecular weight excluding hydrogens is 500 g/mol. The van der Waals surface area contributed by atoms with Crippen LogP contribution in [0.2, 0.25) is 0 Å². The molecule has 0 aromatic carbocycles. The van der Waals surface area contributed by atoms with Crippen molar-refractivity contribution in [3.63, 3.8) is 0 Å². The lowest BCUT2D eigenvalue weighted by molar-refractivity contribution is 0.0493. The van der Waals surface area contributed by atoms with Gasteiger partial charge in [0.25, 0.3) is 0 Å². The summed E-state index contributed by atoms with van der Waals surface area (Å²) in [4.78, 5) is 22.4. The number of amides is 1. The number of methoxy groups -OCH3 is 1. The molecule has 1 aliphatic heterocycles. The van der Waals surface area contributed by atoms with Crippen LogP contribution in [0.25, 0.3) is 0 Å². The molecule has 0 saturated carbocycles. The first-order chi connectivity index (χ1) is 18.0. The molecule has 2 atom stereocenters. The van der Waals surface area contributed by atoms with Crippen LogP contribution < -0.4 is 20.9 Å². The van der Waals surface area contributed by atoms with Crippen LogP contribution in [-0.4, -0.2) is 73.8 Å². The van der Waals surface area contributed by atoms with Gasteiger partial charge in [-0.3, -0.25) is 0 Å². The number of pyridine rings is 2. The fraction of sp³-hybridized carbons (Fsp3) is 0.520. The van der Waals surface area contributed by atoms with Crippen LogP contribution in [0.5, 0.6) is 0 Å². The largest absolute Gasteiger partial charge is 0.444 e. The van der Waals surface area contributed by atoms with Gasteiger partial charge in [-0.1, -0.05) is 0 Å². The number of halogens is 2. The quantitative estimate of drug-likeness (QED) is 0.439. The molecule has 0 bridgehead atoms. The second-order valence-electron chi connectivity index (χ2n) is 9.72. The minimum Gasteiger partial charge on any atom is -0.444 e. The zero-order chi connectivity index (χ0) is 27.9. The van der Waals surface area contributed by atoms with Crippen molar-refractivity contribution >= 4 is 29.2 Å². The first-order valence-electron chi connectivity index (χ1n) is 12.1. The minimum atomic E-state index is -0.787. The van der Waals surface area contributed by atoms with Crippen LogP contribution >= 0.6 is 0 Å². The van der Waals surface area contributed by atoms with Crippen LogP contribution in [0.4, 0.5) is 36.7 Å². The van der Waals surface area contributed by atoms with E-state index >= 15 is 0 Å². The van der Waals surface area contributed by atoms with E-state index in [0.717, 1.165) is 6.07 Å². The van der Waals surface area contributed by atoms with Gasteiger partial charge in [0.15, 0.2) is 29.1 Å². The molecule has 2 aromatic rings. The molecule has 0 unspecified atom stereocenters. The molecule has 0 aliphatic carbocycles. The fourth-order valence-corrected chi connectivity index (χ4v) is 3.67. The summed E-state index contributed by atoms with van der Waals surface area (Å²) in [6.07, 6.45) is 0.770. The number of hydrogen-bond acceptors (Lipinski definition) is 10. The SMILES string of the molecule is COC[C@@H](Nc1nc(Nc2cnc(N3CCOCC3)c(F)c2)c(C#N)cc1F)[C@H](C)NC(=O)OC(C)(C)C. The van der Waals surface area contributed by atoms with Crippen molar-refractivity contribution in [1.29, 1.82) is 5.26 Å². The van der Waals surface area contributed by atoms with E-state index in [2.05, 4.69) is 25.9 Å². The van der Waals surface area contributed by atoms with E-state index in [9.17, 15) is 18.8 Å². The van der Waals surface area contributed by atoms with E-state index in [-0.39, 0.29) is 35.3 Å². The van der Waals surface area contributed by atoms with E-state index in [1.807, 2.05) is 6.07 Å². The van der Waals surface area contributed by atoms with Gasteiger partial charge >= 0.3 is 6.09 Å². The highest BCUT2D eigenvalue weighted by Crippen LogP contribution is 2.26. The molecule has 3 heterocycles. The Morgan fingerprint density at radius 2 is 1.95 bits per heavy atom. The first kappa shape index (κ1) is 28.8. The second kappa shape index (κ2) is 12.7. The number of anilines is 4. The molecule has 1 saturated heterocycles. The summed E-state index contributed by atoms with van der Waals surface area (Å²) in [5.74, 6) is -1.34. The van der Waals surface area contributed by atoms with Crippen molar-refractivity contribution in [2.45, 2.75) is 45.4 Å². The third kappa shape index (κ3) is 7.87. The number of morpholine rings is 1. The number of rotatable bonds is 9. The minimum absolute atomic E-state index is 0.000596. The predicted octanol–water partition coefficient (Wildman–Crippen LogP) is 3.55. The number of aromatic nitrogens is 2. The van der Waals surface area contributed by atoms with Crippen LogP contribution in [0, 0.1) is 23.0 Å². The third-order valence-corrected chi connectivity index (χ3v) is 5.51. The number of nitriles is 1. The van der Waals surface area contributed by atoms with Gasteiger partial charge < -0.3 is 35.1 Å². The van der Waals surface area contributed by atoms with Crippen LogP contribution in [0.3, 0.4) is 0 Å². The molecule has 2 aromatic heterocycles. The number of hydrogen-bond donors (Lipinski definition) is 3. The monoisotopic (exact) mass is 533 g/mol. The molecule has 3 N–H and O–H groups in total. The Morgan fingerprint density at radius 3 is 2.55 bits per heavy atom. The predicted molar refractivity (Wildman–Crippen MR) is 138 cm³/mol. The molecular formula is C25H33F2N7O4. The van der Waals surface area contributed by atoms with Crippen LogP contribution in [0.15, 0.2) is 18.3 Å². The molecule has 0 radical (unpaired) electrons. The zero-order valence-electron chi connectivity index (χ0n) is 22.1. The number of alkyl carbamates (subject to hydrolysis) is 1. The second-order valence-corrected chi connectivity index (χ2v) is 9.72. The van der Waals surface area contributed by atoms with Crippen LogP contribution in [0.1, 0.15) is 33.3 Å². The lowest BCUT2D eigenvalue weighted by atomic mass is 10.1. The third-order valence-electron chi connectivity index (χ3n) is 5.51. The summed E-state index contributed by atoms with van der Waals surface area (Å²) >= 11 is 0. The van der Waals surface area contributed by atoms with Gasteiger partial charge in [0.1, 0.15) is 11.7 Å². The maximum Gasteiger partial charge on any atom is 0.407 e. The molecule has 13 heteroatoms. The molecule has 0 spiro atoms. The number of ether oxygens (including phenoxy) is 3. The summed E-state index contributed by atoms with van der Waals surface area (Å²) < 4.78 is 45.5. The summed E-state index contributed by atoms with van der Waals surface area (Å²) in [6.45, 7) is 9.03. The van der Waals surface area contributed by atoms with Gasteiger partial charge in [-0.15, -0.1) is 0 Å². The van der Waals surface area contributed by atoms with Gasteiger partial charge in [-0.25, -0.2) is 23.5 Å². The van der Waals surface area contributed by atoms with E-state index in [1.165, 1.54) is 19.4 Å². The van der Waals surface area contributed by atoms with Crippen molar-refractivity contribution in [2.24, 2.45) is 0 Å². The molecule has 1 amide bonds. The lowest BCUT2D eigenvalue weighted by Crippen LogP contribution is -2.48. The van der Waals surface area contributed by atoms with Gasteiger partial charge in [-0.2, -0.15) is 5.26 Å². The average molecular weight is 534 g/mol. The van der Waals surface area contributed by atoms with Crippen molar-refractivity contribution in [2.75, 3.05) is 55.6 Å². The highest BCUT2D eigenvalue weighted by Gasteiger charge is 2.25. The Hall–Kier alpha value is -3.76. The van der Waals surface area contributed by atoms with Crippen molar-refractivity contribution in [3.05, 3.63) is 35.5 Å². The number of nitrogens with zero attached hydrogens (tertiary/aromatic N) is 4. The van der Waals surface area contributed by atoms with Crippen molar-refractivity contribution in [3.8, 4) is 6.07 Å². The topological polar surface area (TPSA) is 134 Å². The smallest absolute Gasteiger partial charge is 0.407 e. The summed E-state index contributed by atoms with van der Waals surface area (Å²) in [5.41, 5.74) is -0.548. The average Bonchev–Trinajstić information content (AvgIpc) is 2.84. The Bertz CT molecular complexity index is 1160. The molecule has 38 heavy (non-hydrogen) atoms. The highest BCUT2D eigenvalue weighted by atomic mass is 19.1. The molecule has 1 fully saturated rings. The number of nitrogens with one attached hydrogen (secondary N) is 3. The van der Waals surface area contributed by atoms with Crippen molar-refractivity contribution in [1.82, 2.24) is 15.3 Å². The van der Waals surface area contributed by atoms with Crippen LogP contribution in [-0.2, 0) is 14.2 Å². The molecule has 3 rings (SSSR count). The maximum absolute atomic E-state index is 14.9. The highest BCUT2D eigenvalue weighted by molar-refractivity contribution is 5.68. The van der Waals surface area contributed by atoms with E-state index in [0.29, 0.717) is 26.3 Å². The van der Waals surface area contributed by atoms with E-state index in [4.69, 9.17) is 14.2 Å². The number of carbonyl (C=O) groups excluding carboxylic acids is 1. The van der Waals surface area contributed by atoms with Crippen molar-refractivity contribution < 1.29 is 27.8 Å². The summed E-state index contributed by atoms with van der Waals surface area (Å²) in [6, 6.07) is 2.97. The molecule has 206 valence electrons. The van der Waals surface area contributed by atoms with Gasteiger partial charge in [0.05, 0.1) is 49.4 Å². The molecule has 1 aliphatic rings. The summed E-state index contributed by atoms with van der Waals surface area (Å²) in [7, 11) is 1.46. The van der Waals surface area contributed by atoms with Gasteiger partial charge in [0.2, 0.25) is 0 Å². The lowest BCUT2D eigenvalue weighted by Gasteiger charge is -2.28. The Morgan fingerprint density at radius 1 is 1.24 bits per heavy atom. The first-order valence-corrected chi connectivity index (χ1v) is 12.1. The maximum atomic E-state index is 14.9. The van der Waals surface area contributed by atoms with E-state index < -0.39 is 35.4 Å². The normalized spacial score (nSPS) is 15.3. The molecule has 11 nitrogen and oxygen atoms in total. The van der Waals surface area contributed by atoms with Gasteiger partial charge in [-0.05, 0) is 33.8 Å². The van der Waals surface area contributed by atoms with E-state index in [1.54, 1.807) is 32.6 Å². The zero-order valence-corrected chi connectivity index (χ0v) is 22.1. The summed E-state index contributed by atoms with van der Waals surface area (Å²) in [5, 5.41) is 18.0.